The fourth-order valence-corrected chi connectivity index (χ4v) is 8.44. The van der Waals surface area contributed by atoms with Crippen LogP contribution in [0.2, 0.25) is 0 Å². The van der Waals surface area contributed by atoms with E-state index in [0.29, 0.717) is 0 Å². The predicted molar refractivity (Wildman–Crippen MR) is 251 cm³/mol. The van der Waals surface area contributed by atoms with Crippen molar-refractivity contribution in [2.24, 2.45) is 0 Å². The van der Waals surface area contributed by atoms with Crippen molar-refractivity contribution in [1.82, 2.24) is 0 Å². The number of anilines is 3. The molecule has 0 fully saturated rings. The second-order valence-electron chi connectivity index (χ2n) is 14.9. The molecule has 0 aliphatic rings. The van der Waals surface area contributed by atoms with Gasteiger partial charge in [-0.3, -0.25) is 0 Å². The van der Waals surface area contributed by atoms with Gasteiger partial charge in [0.25, 0.3) is 0 Å². The molecule has 1 heteroatoms. The minimum Gasteiger partial charge on any atom is -0.310 e. The topological polar surface area (TPSA) is 3.24 Å². The summed E-state index contributed by atoms with van der Waals surface area (Å²) in [5.74, 6) is 0. The molecule has 1 nitrogen and oxygen atoms in total. The SMILES string of the molecule is c1ccc(-c2cccc(N(c3ccc(-c4ccc(-c5cccc6ccccc56)cc4)cc3)c3ccccc3-c3ccccc3-c3ccccc3-c3ccccc3)c2)cc1. The van der Waals surface area contributed by atoms with Gasteiger partial charge < -0.3 is 4.90 Å². The van der Waals surface area contributed by atoms with Crippen molar-refractivity contribution in [3.8, 4) is 66.8 Å². The van der Waals surface area contributed by atoms with Crippen molar-refractivity contribution in [2.45, 2.75) is 0 Å². The maximum Gasteiger partial charge on any atom is 0.0540 e. The summed E-state index contributed by atoms with van der Waals surface area (Å²) in [5.41, 5.74) is 17.6. The van der Waals surface area contributed by atoms with Gasteiger partial charge in [0.1, 0.15) is 0 Å². The Bertz CT molecular complexity index is 3010. The Morgan fingerprint density at radius 2 is 0.644 bits per heavy atom. The average Bonchev–Trinajstić information content (AvgIpc) is 3.33. The first kappa shape index (κ1) is 35.7. The van der Waals surface area contributed by atoms with Gasteiger partial charge in [-0.1, -0.05) is 218 Å². The first-order valence-corrected chi connectivity index (χ1v) is 20.3. The van der Waals surface area contributed by atoms with Crippen LogP contribution in [0.1, 0.15) is 0 Å². The normalized spacial score (nSPS) is 11.1. The van der Waals surface area contributed by atoms with Crippen LogP contribution in [0.15, 0.2) is 249 Å². The highest BCUT2D eigenvalue weighted by molar-refractivity contribution is 5.98. The summed E-state index contributed by atoms with van der Waals surface area (Å²) in [6.45, 7) is 0. The van der Waals surface area contributed by atoms with E-state index in [9.17, 15) is 0 Å². The Kier molecular flexibility index (Phi) is 9.68. The standard InChI is InChI=1S/C58H41N/c1-3-17-42(18-4-1)48-23-15-24-50(41-48)59(49-39-37-44(38-40-49)43-33-35-47(36-34-43)52-31-16-22-46-21-7-8-25-51(46)52)58-32-14-13-30-57(58)56-29-12-11-28-55(56)54-27-10-9-26-53(54)45-19-5-2-6-20-45/h1-41H. The first-order valence-electron chi connectivity index (χ1n) is 20.3. The van der Waals surface area contributed by atoms with Crippen LogP contribution in [0, 0.1) is 0 Å². The summed E-state index contributed by atoms with van der Waals surface area (Å²) < 4.78 is 0. The Morgan fingerprint density at radius 1 is 0.220 bits per heavy atom. The van der Waals surface area contributed by atoms with Crippen LogP contribution in [0.5, 0.6) is 0 Å². The lowest BCUT2D eigenvalue weighted by Gasteiger charge is -2.29. The fourth-order valence-electron chi connectivity index (χ4n) is 8.44. The fraction of sp³-hybridized carbons (Fsp3) is 0. The Hall–Kier alpha value is -7.74. The Labute approximate surface area is 346 Å². The lowest BCUT2D eigenvalue weighted by Crippen LogP contribution is -2.11. The zero-order valence-corrected chi connectivity index (χ0v) is 32.6. The maximum absolute atomic E-state index is 2.41. The number of hydrogen-bond donors (Lipinski definition) is 0. The van der Waals surface area contributed by atoms with Gasteiger partial charge in [0.05, 0.1) is 5.69 Å². The summed E-state index contributed by atoms with van der Waals surface area (Å²) in [7, 11) is 0. The number of rotatable bonds is 9. The minimum atomic E-state index is 1.08. The van der Waals surface area contributed by atoms with E-state index in [2.05, 4.69) is 254 Å². The molecule has 10 aromatic carbocycles. The van der Waals surface area contributed by atoms with Gasteiger partial charge in [0.15, 0.2) is 0 Å². The molecule has 0 heterocycles. The summed E-state index contributed by atoms with van der Waals surface area (Å²) in [6, 6.07) is 89.8. The quantitative estimate of drug-likeness (QED) is 0.142. The Morgan fingerprint density at radius 3 is 1.36 bits per heavy atom. The molecular formula is C58H41N. The number of benzene rings is 10. The van der Waals surface area contributed by atoms with Crippen LogP contribution in [0.25, 0.3) is 77.5 Å². The van der Waals surface area contributed by atoms with Crippen LogP contribution in [0.3, 0.4) is 0 Å². The molecule has 10 rings (SSSR count). The van der Waals surface area contributed by atoms with Crippen molar-refractivity contribution in [1.29, 1.82) is 0 Å². The monoisotopic (exact) mass is 751 g/mol. The highest BCUT2D eigenvalue weighted by atomic mass is 15.1. The molecule has 0 radical (unpaired) electrons. The lowest BCUT2D eigenvalue weighted by atomic mass is 9.88. The van der Waals surface area contributed by atoms with E-state index in [4.69, 9.17) is 0 Å². The number of nitrogens with zero attached hydrogens (tertiary/aromatic N) is 1. The van der Waals surface area contributed by atoms with E-state index in [-0.39, 0.29) is 0 Å². The van der Waals surface area contributed by atoms with Gasteiger partial charge in [-0.25, -0.2) is 0 Å². The molecular weight excluding hydrogens is 711 g/mol. The molecule has 0 aromatic heterocycles. The molecule has 0 aliphatic carbocycles. The van der Waals surface area contributed by atoms with Crippen molar-refractivity contribution >= 4 is 27.8 Å². The van der Waals surface area contributed by atoms with Gasteiger partial charge in [-0.05, 0) is 102 Å². The number of fused-ring (bicyclic) bond motifs is 1. The second-order valence-corrected chi connectivity index (χ2v) is 14.9. The largest absolute Gasteiger partial charge is 0.310 e. The highest BCUT2D eigenvalue weighted by Crippen LogP contribution is 2.46. The van der Waals surface area contributed by atoms with Crippen LogP contribution in [-0.2, 0) is 0 Å². The molecule has 278 valence electrons. The molecule has 0 N–H and O–H groups in total. The Balaban J connectivity index is 1.08. The molecule has 0 aliphatic heterocycles. The van der Waals surface area contributed by atoms with Gasteiger partial charge in [-0.15, -0.1) is 0 Å². The zero-order valence-electron chi connectivity index (χ0n) is 32.6. The molecule has 0 spiro atoms. The van der Waals surface area contributed by atoms with E-state index in [0.717, 1.165) is 22.6 Å². The van der Waals surface area contributed by atoms with Gasteiger partial charge >= 0.3 is 0 Å². The molecule has 0 atom stereocenters. The summed E-state index contributed by atoms with van der Waals surface area (Å²) >= 11 is 0. The van der Waals surface area contributed by atoms with E-state index in [1.54, 1.807) is 0 Å². The van der Waals surface area contributed by atoms with Crippen LogP contribution in [-0.4, -0.2) is 0 Å². The summed E-state index contributed by atoms with van der Waals surface area (Å²) in [5, 5.41) is 2.53. The van der Waals surface area contributed by atoms with Gasteiger partial charge in [0, 0.05) is 16.9 Å². The molecule has 10 aromatic rings. The molecule has 0 saturated heterocycles. The van der Waals surface area contributed by atoms with Crippen LogP contribution in [0.4, 0.5) is 17.1 Å². The van der Waals surface area contributed by atoms with E-state index >= 15 is 0 Å². The molecule has 0 saturated carbocycles. The van der Waals surface area contributed by atoms with Crippen molar-refractivity contribution in [2.75, 3.05) is 4.90 Å². The van der Waals surface area contributed by atoms with Crippen LogP contribution < -0.4 is 4.90 Å². The lowest BCUT2D eigenvalue weighted by molar-refractivity contribution is 1.28. The third-order valence-electron chi connectivity index (χ3n) is 11.3. The molecule has 0 unspecified atom stereocenters. The average molecular weight is 752 g/mol. The second kappa shape index (κ2) is 16.0. The van der Waals surface area contributed by atoms with Crippen molar-refractivity contribution in [3.63, 3.8) is 0 Å². The predicted octanol–water partition coefficient (Wildman–Crippen LogP) is 16.3. The number of hydrogen-bond acceptors (Lipinski definition) is 1. The van der Waals surface area contributed by atoms with Crippen molar-refractivity contribution < 1.29 is 0 Å². The van der Waals surface area contributed by atoms with Gasteiger partial charge in [-0.2, -0.15) is 0 Å². The highest BCUT2D eigenvalue weighted by Gasteiger charge is 2.21. The zero-order chi connectivity index (χ0) is 39.4. The van der Waals surface area contributed by atoms with E-state index in [1.807, 2.05) is 0 Å². The molecule has 0 bridgehead atoms. The van der Waals surface area contributed by atoms with Crippen molar-refractivity contribution in [3.05, 3.63) is 249 Å². The smallest absolute Gasteiger partial charge is 0.0540 e. The van der Waals surface area contributed by atoms with Gasteiger partial charge in [0.2, 0.25) is 0 Å². The van der Waals surface area contributed by atoms with E-state index < -0.39 is 0 Å². The number of para-hydroxylation sites is 1. The van der Waals surface area contributed by atoms with Crippen LogP contribution >= 0.6 is 0 Å². The minimum absolute atomic E-state index is 1.08. The first-order chi connectivity index (χ1) is 29.3. The summed E-state index contributed by atoms with van der Waals surface area (Å²) in [6.07, 6.45) is 0. The van der Waals surface area contributed by atoms with E-state index in [1.165, 1.54) is 72.0 Å². The molecule has 59 heavy (non-hydrogen) atoms. The molecule has 0 amide bonds. The third-order valence-corrected chi connectivity index (χ3v) is 11.3. The maximum atomic E-state index is 2.41. The summed E-state index contributed by atoms with van der Waals surface area (Å²) in [4.78, 5) is 2.41. The third kappa shape index (κ3) is 7.12.